The van der Waals surface area contributed by atoms with E-state index in [-0.39, 0.29) is 0 Å². The van der Waals surface area contributed by atoms with E-state index in [2.05, 4.69) is 162 Å². The molecule has 0 saturated carbocycles. The lowest BCUT2D eigenvalue weighted by Crippen LogP contribution is -2.20. The smallest absolute Gasteiger partial charge is 0.172 e. The lowest BCUT2D eigenvalue weighted by molar-refractivity contribution is 0.593. The van der Waals surface area contributed by atoms with Crippen LogP contribution in [0.3, 0.4) is 0 Å². The zero-order chi connectivity index (χ0) is 37.9. The molecule has 1 aliphatic rings. The average Bonchev–Trinajstić information content (AvgIpc) is 3.75. The number of rotatable bonds is 6. The van der Waals surface area contributed by atoms with Crippen molar-refractivity contribution in [3.8, 4) is 61.6 Å². The molecule has 0 bridgehead atoms. The minimum absolute atomic E-state index is 0.860. The number of pyridine rings is 1. The minimum atomic E-state index is -3.12. The zero-order valence-corrected chi connectivity index (χ0v) is 31.9. The van der Waals surface area contributed by atoms with Gasteiger partial charge in [0.25, 0.3) is 0 Å². The number of nitrogens with zero attached hydrogens (tertiary/aromatic N) is 2. The summed E-state index contributed by atoms with van der Waals surface area (Å²) in [4.78, 5) is 5.34. The number of hydrogen-bond donors (Lipinski definition) is 0. The first-order chi connectivity index (χ1) is 28.1. The van der Waals surface area contributed by atoms with Crippen molar-refractivity contribution in [2.75, 3.05) is 0 Å². The van der Waals surface area contributed by atoms with Gasteiger partial charge in [0, 0.05) is 37.8 Å². The maximum atomic E-state index is 15.5. The maximum absolute atomic E-state index is 15.5. The van der Waals surface area contributed by atoms with Gasteiger partial charge >= 0.3 is 0 Å². The summed E-state index contributed by atoms with van der Waals surface area (Å²) in [5.41, 5.74) is 13.8. The molecule has 8 aromatic carbocycles. The number of para-hydroxylation sites is 1. The molecule has 3 heterocycles. The molecule has 11 rings (SSSR count). The van der Waals surface area contributed by atoms with Crippen LogP contribution in [-0.2, 0) is 4.57 Å². The molecule has 268 valence electrons. The quantitative estimate of drug-likeness (QED) is 0.159. The molecule has 10 aromatic rings. The van der Waals surface area contributed by atoms with Crippen molar-refractivity contribution in [1.29, 1.82) is 0 Å². The van der Waals surface area contributed by atoms with E-state index in [0.29, 0.717) is 0 Å². The highest BCUT2D eigenvalue weighted by Gasteiger charge is 2.40. The van der Waals surface area contributed by atoms with Gasteiger partial charge in [-0.3, -0.25) is 0 Å². The van der Waals surface area contributed by atoms with Crippen molar-refractivity contribution in [3.63, 3.8) is 0 Å². The van der Waals surface area contributed by atoms with Gasteiger partial charge in [0.2, 0.25) is 0 Å². The zero-order valence-electron chi connectivity index (χ0n) is 31.0. The number of benzene rings is 8. The van der Waals surface area contributed by atoms with Crippen molar-refractivity contribution < 1.29 is 4.57 Å². The SMILES string of the molecule is O=P1(c2ccccc2)c2ccccc2-c2cc3c(cc21)c1ccccc1n3-c1cc(-c2ccc(-c3ccccc3)cc2)nc(-c2ccc(-c3ccccc3)cc2)c1. The van der Waals surface area contributed by atoms with Crippen LogP contribution in [0.25, 0.3) is 83.4 Å². The molecule has 1 aliphatic heterocycles. The van der Waals surface area contributed by atoms with Gasteiger partial charge in [-0.2, -0.15) is 0 Å². The molecular formula is C53H35N2OP. The van der Waals surface area contributed by atoms with Crippen molar-refractivity contribution in [1.82, 2.24) is 9.55 Å². The number of hydrogen-bond acceptors (Lipinski definition) is 2. The van der Waals surface area contributed by atoms with Crippen LogP contribution in [0.4, 0.5) is 0 Å². The second kappa shape index (κ2) is 13.3. The first-order valence-electron chi connectivity index (χ1n) is 19.3. The molecule has 1 atom stereocenters. The molecule has 0 radical (unpaired) electrons. The van der Waals surface area contributed by atoms with Crippen LogP contribution < -0.4 is 15.9 Å². The summed E-state index contributed by atoms with van der Waals surface area (Å²) in [6, 6.07) is 74.1. The van der Waals surface area contributed by atoms with Gasteiger partial charge in [-0.1, -0.05) is 182 Å². The summed E-state index contributed by atoms with van der Waals surface area (Å²) in [5.74, 6) is 0. The summed E-state index contributed by atoms with van der Waals surface area (Å²) in [7, 11) is -3.12. The fourth-order valence-electron chi connectivity index (χ4n) is 8.65. The Labute approximate surface area is 331 Å². The van der Waals surface area contributed by atoms with E-state index in [1.165, 1.54) is 11.1 Å². The topological polar surface area (TPSA) is 34.9 Å². The first kappa shape index (κ1) is 33.3. The standard InChI is InChI=1S/C53H35N2OP/c56-57(43-18-8-3-9-19-43)52-23-13-11-21-45(52)47-34-51-46(35-53(47)57)44-20-10-12-22-50(44)55(51)42-32-48(40-28-24-38(25-29-40)36-14-4-1-5-15-36)54-49(33-42)41-30-26-39(27-31-41)37-16-6-2-7-17-37/h1-35H. The lowest BCUT2D eigenvalue weighted by Gasteiger charge is -2.16. The normalized spacial score (nSPS) is 14.5. The number of aromatic nitrogens is 2. The van der Waals surface area contributed by atoms with Gasteiger partial charge in [-0.05, 0) is 63.7 Å². The van der Waals surface area contributed by atoms with Gasteiger partial charge in [0.15, 0.2) is 7.14 Å². The lowest BCUT2D eigenvalue weighted by atomic mass is 10.0. The summed E-state index contributed by atoms with van der Waals surface area (Å²) in [5, 5.41) is 4.86. The van der Waals surface area contributed by atoms with E-state index in [1.807, 2.05) is 54.6 Å². The molecule has 57 heavy (non-hydrogen) atoms. The molecule has 0 N–H and O–H groups in total. The monoisotopic (exact) mass is 746 g/mol. The predicted molar refractivity (Wildman–Crippen MR) is 239 cm³/mol. The van der Waals surface area contributed by atoms with Gasteiger partial charge in [-0.25, -0.2) is 4.98 Å². The molecule has 0 spiro atoms. The maximum Gasteiger partial charge on any atom is 0.172 e. The Balaban J connectivity index is 1.14. The van der Waals surface area contributed by atoms with Crippen LogP contribution in [0, 0.1) is 0 Å². The second-order valence-corrected chi connectivity index (χ2v) is 17.4. The van der Waals surface area contributed by atoms with Crippen molar-refractivity contribution in [3.05, 3.63) is 212 Å². The minimum Gasteiger partial charge on any atom is -0.309 e. The van der Waals surface area contributed by atoms with E-state index in [0.717, 1.165) is 88.2 Å². The first-order valence-corrected chi connectivity index (χ1v) is 21.0. The Morgan fingerprint density at radius 1 is 0.368 bits per heavy atom. The summed E-state index contributed by atoms with van der Waals surface area (Å²) < 4.78 is 17.9. The Morgan fingerprint density at radius 2 is 0.860 bits per heavy atom. The molecule has 0 amide bonds. The van der Waals surface area contributed by atoms with Crippen LogP contribution in [0.15, 0.2) is 212 Å². The summed E-state index contributed by atoms with van der Waals surface area (Å²) in [6.07, 6.45) is 0. The molecule has 1 unspecified atom stereocenters. The average molecular weight is 747 g/mol. The van der Waals surface area contributed by atoms with E-state index in [9.17, 15) is 0 Å². The van der Waals surface area contributed by atoms with Crippen molar-refractivity contribution >= 4 is 44.9 Å². The molecule has 0 fully saturated rings. The van der Waals surface area contributed by atoms with Crippen LogP contribution >= 0.6 is 7.14 Å². The van der Waals surface area contributed by atoms with E-state index in [4.69, 9.17) is 4.98 Å². The van der Waals surface area contributed by atoms with Crippen LogP contribution in [0.5, 0.6) is 0 Å². The highest BCUT2D eigenvalue weighted by atomic mass is 31.2. The van der Waals surface area contributed by atoms with Crippen molar-refractivity contribution in [2.24, 2.45) is 0 Å². The van der Waals surface area contributed by atoms with Gasteiger partial charge in [0.05, 0.1) is 28.1 Å². The van der Waals surface area contributed by atoms with Gasteiger partial charge < -0.3 is 9.13 Å². The van der Waals surface area contributed by atoms with Crippen LogP contribution in [0.2, 0.25) is 0 Å². The Morgan fingerprint density at radius 3 is 1.47 bits per heavy atom. The number of fused-ring (bicyclic) bond motifs is 6. The molecule has 3 nitrogen and oxygen atoms in total. The molecule has 4 heteroatoms. The highest BCUT2D eigenvalue weighted by molar-refractivity contribution is 7.86. The third-order valence-corrected chi connectivity index (χ3v) is 14.6. The van der Waals surface area contributed by atoms with E-state index in [1.54, 1.807) is 0 Å². The van der Waals surface area contributed by atoms with Crippen LogP contribution in [0.1, 0.15) is 0 Å². The highest BCUT2D eigenvalue weighted by Crippen LogP contribution is 2.53. The van der Waals surface area contributed by atoms with Crippen molar-refractivity contribution in [2.45, 2.75) is 0 Å². The molecular weight excluding hydrogens is 712 g/mol. The Kier molecular flexibility index (Phi) is 7.77. The van der Waals surface area contributed by atoms with Gasteiger partial charge in [0.1, 0.15) is 0 Å². The fourth-order valence-corrected chi connectivity index (χ4v) is 11.7. The Bertz CT molecular complexity index is 3070. The van der Waals surface area contributed by atoms with E-state index < -0.39 is 7.14 Å². The molecule has 0 aliphatic carbocycles. The second-order valence-electron chi connectivity index (χ2n) is 14.7. The van der Waals surface area contributed by atoms with Crippen LogP contribution in [-0.4, -0.2) is 9.55 Å². The molecule has 0 saturated heterocycles. The fraction of sp³-hybridized carbons (Fsp3) is 0. The Hall–Kier alpha value is -7.06. The third-order valence-electron chi connectivity index (χ3n) is 11.4. The third kappa shape index (κ3) is 5.43. The van der Waals surface area contributed by atoms with Gasteiger partial charge in [-0.15, -0.1) is 0 Å². The molecule has 2 aromatic heterocycles. The summed E-state index contributed by atoms with van der Waals surface area (Å²) >= 11 is 0. The summed E-state index contributed by atoms with van der Waals surface area (Å²) in [6.45, 7) is 0. The van der Waals surface area contributed by atoms with E-state index >= 15 is 4.57 Å². The predicted octanol–water partition coefficient (Wildman–Crippen LogP) is 12.5. The largest absolute Gasteiger partial charge is 0.309 e.